The molecular formula is C24H28F2N6O2. The summed E-state index contributed by atoms with van der Waals surface area (Å²) in [5.41, 5.74) is 2.98. The van der Waals surface area contributed by atoms with Crippen LogP contribution >= 0.6 is 0 Å². The minimum absolute atomic E-state index is 0.102. The number of para-hydroxylation sites is 1. The smallest absolute Gasteiger partial charge is 0.324 e. The van der Waals surface area contributed by atoms with E-state index in [-0.39, 0.29) is 18.4 Å². The molecule has 2 aromatic heterocycles. The Balaban J connectivity index is 1.54. The zero-order chi connectivity index (χ0) is 24.9. The second-order valence-corrected chi connectivity index (χ2v) is 8.34. The molecule has 3 aromatic rings. The number of pyridine rings is 1. The lowest BCUT2D eigenvalue weighted by molar-refractivity contribution is -0.131. The summed E-state index contributed by atoms with van der Waals surface area (Å²) in [6.45, 7) is 4.01. The number of aromatic nitrogens is 3. The van der Waals surface area contributed by atoms with Gasteiger partial charge in [0.2, 0.25) is 5.91 Å². The molecule has 2 N–H and O–H groups in total. The van der Waals surface area contributed by atoms with Crippen molar-refractivity contribution in [2.75, 3.05) is 17.7 Å². The van der Waals surface area contributed by atoms with Gasteiger partial charge in [0.1, 0.15) is 12.4 Å². The number of hydrogen-bond acceptors (Lipinski definition) is 4. The zero-order valence-corrected chi connectivity index (χ0v) is 19.5. The van der Waals surface area contributed by atoms with Gasteiger partial charge in [-0.25, -0.2) is 18.6 Å². The summed E-state index contributed by atoms with van der Waals surface area (Å²) in [4.78, 5) is 30.7. The van der Waals surface area contributed by atoms with Crippen LogP contribution in [0.2, 0.25) is 0 Å². The quantitative estimate of drug-likeness (QED) is 0.501. The van der Waals surface area contributed by atoms with Gasteiger partial charge in [0.25, 0.3) is 5.92 Å². The second-order valence-electron chi connectivity index (χ2n) is 8.34. The molecule has 0 saturated heterocycles. The van der Waals surface area contributed by atoms with E-state index in [4.69, 9.17) is 0 Å². The monoisotopic (exact) mass is 470 g/mol. The number of halogens is 2. The lowest BCUT2D eigenvalue weighted by atomic mass is 10.1. The van der Waals surface area contributed by atoms with Crippen molar-refractivity contribution in [1.82, 2.24) is 19.7 Å². The summed E-state index contributed by atoms with van der Waals surface area (Å²) in [6.07, 6.45) is 4.64. The molecule has 0 aliphatic carbocycles. The number of carbonyl (C=O) groups excluding carboxylic acids is 2. The molecule has 180 valence electrons. The average molecular weight is 471 g/mol. The first kappa shape index (κ1) is 24.8. The highest BCUT2D eigenvalue weighted by molar-refractivity contribution is 5.99. The SMILES string of the molecule is Cc1ccccc1NC(=O)Nc1ccc(CC(=O)N(C)C(C)c2cnn(CC(C)(F)F)c2)cn1. The third-order valence-corrected chi connectivity index (χ3v) is 5.36. The number of urea groups is 1. The van der Waals surface area contributed by atoms with Gasteiger partial charge in [-0.05, 0) is 37.1 Å². The van der Waals surface area contributed by atoms with Crippen LogP contribution in [0.4, 0.5) is 25.1 Å². The molecule has 34 heavy (non-hydrogen) atoms. The molecule has 1 unspecified atom stereocenters. The van der Waals surface area contributed by atoms with E-state index in [1.165, 1.54) is 28.2 Å². The van der Waals surface area contributed by atoms with Gasteiger partial charge in [0, 0.05) is 37.6 Å². The number of carbonyl (C=O) groups is 2. The number of nitrogens with one attached hydrogen (secondary N) is 2. The maximum Gasteiger partial charge on any atom is 0.324 e. The fourth-order valence-corrected chi connectivity index (χ4v) is 3.29. The highest BCUT2D eigenvalue weighted by atomic mass is 19.3. The molecule has 1 atom stereocenters. The number of likely N-dealkylation sites (N-methyl/N-ethyl adjacent to an activating group) is 1. The first-order valence-corrected chi connectivity index (χ1v) is 10.8. The van der Waals surface area contributed by atoms with Crippen LogP contribution < -0.4 is 10.6 Å². The van der Waals surface area contributed by atoms with Crippen LogP contribution in [0.5, 0.6) is 0 Å². The van der Waals surface area contributed by atoms with Gasteiger partial charge < -0.3 is 10.2 Å². The fraction of sp³-hybridized carbons (Fsp3) is 0.333. The van der Waals surface area contributed by atoms with E-state index in [1.54, 1.807) is 25.2 Å². The highest BCUT2D eigenvalue weighted by Crippen LogP contribution is 2.21. The Bertz CT molecular complexity index is 1140. The van der Waals surface area contributed by atoms with Gasteiger partial charge in [0.05, 0.1) is 18.7 Å². The predicted molar refractivity (Wildman–Crippen MR) is 126 cm³/mol. The summed E-state index contributed by atoms with van der Waals surface area (Å²) in [5.74, 6) is -2.69. The van der Waals surface area contributed by atoms with Crippen LogP contribution in [0.15, 0.2) is 55.0 Å². The minimum Gasteiger partial charge on any atom is -0.339 e. The standard InChI is InChI=1S/C24H28F2N6O2/c1-16-7-5-6-8-20(16)29-23(34)30-21-10-9-18(12-27-21)11-22(33)31(4)17(2)19-13-28-32(14-19)15-24(3,25)26/h5-10,12-14,17H,11,15H2,1-4H3,(H2,27,29,30,34). The maximum atomic E-state index is 13.2. The molecule has 1 aromatic carbocycles. The number of benzene rings is 1. The average Bonchev–Trinajstić information content (AvgIpc) is 3.22. The molecule has 0 bridgehead atoms. The van der Waals surface area contributed by atoms with Gasteiger partial charge in [-0.3, -0.25) is 14.8 Å². The van der Waals surface area contributed by atoms with Crippen LogP contribution in [-0.4, -0.2) is 44.6 Å². The summed E-state index contributed by atoms with van der Waals surface area (Å²) in [7, 11) is 1.65. The molecule has 8 nitrogen and oxygen atoms in total. The molecule has 0 radical (unpaired) electrons. The van der Waals surface area contributed by atoms with Crippen LogP contribution in [-0.2, 0) is 17.8 Å². The Morgan fingerprint density at radius 3 is 2.53 bits per heavy atom. The Morgan fingerprint density at radius 2 is 1.88 bits per heavy atom. The summed E-state index contributed by atoms with van der Waals surface area (Å²) in [5, 5.41) is 9.38. The number of anilines is 2. The second kappa shape index (κ2) is 10.4. The molecule has 0 aliphatic heterocycles. The van der Waals surface area contributed by atoms with E-state index < -0.39 is 18.5 Å². The van der Waals surface area contributed by atoms with Crippen molar-refractivity contribution in [3.63, 3.8) is 0 Å². The van der Waals surface area contributed by atoms with E-state index in [0.29, 0.717) is 22.6 Å². The first-order chi connectivity index (χ1) is 16.0. The number of nitrogens with zero attached hydrogens (tertiary/aromatic N) is 4. The number of alkyl halides is 2. The molecule has 10 heteroatoms. The Labute approximate surface area is 197 Å². The van der Waals surface area contributed by atoms with E-state index in [9.17, 15) is 18.4 Å². The molecule has 0 spiro atoms. The summed E-state index contributed by atoms with van der Waals surface area (Å²) < 4.78 is 27.6. The molecule has 3 rings (SSSR count). The third kappa shape index (κ3) is 6.84. The lowest BCUT2D eigenvalue weighted by Gasteiger charge is -2.24. The fourth-order valence-electron chi connectivity index (χ4n) is 3.29. The van der Waals surface area contributed by atoms with E-state index in [0.717, 1.165) is 12.5 Å². The Kier molecular flexibility index (Phi) is 7.60. The van der Waals surface area contributed by atoms with E-state index in [2.05, 4.69) is 20.7 Å². The topological polar surface area (TPSA) is 92.2 Å². The van der Waals surface area contributed by atoms with Crippen molar-refractivity contribution in [2.24, 2.45) is 0 Å². The molecular weight excluding hydrogens is 442 g/mol. The van der Waals surface area contributed by atoms with Crippen molar-refractivity contribution in [1.29, 1.82) is 0 Å². The molecule has 0 fully saturated rings. The maximum absolute atomic E-state index is 13.2. The number of amides is 3. The van der Waals surface area contributed by atoms with Crippen LogP contribution in [0, 0.1) is 6.92 Å². The lowest BCUT2D eigenvalue weighted by Crippen LogP contribution is -2.31. The van der Waals surface area contributed by atoms with Gasteiger partial charge in [-0.15, -0.1) is 0 Å². The molecule has 0 saturated carbocycles. The number of hydrogen-bond donors (Lipinski definition) is 2. The van der Waals surface area contributed by atoms with Crippen molar-refractivity contribution in [3.05, 3.63) is 71.7 Å². The zero-order valence-electron chi connectivity index (χ0n) is 19.5. The third-order valence-electron chi connectivity index (χ3n) is 5.36. The predicted octanol–water partition coefficient (Wildman–Crippen LogP) is 4.65. The van der Waals surface area contributed by atoms with Gasteiger partial charge in [-0.2, -0.15) is 5.10 Å². The highest BCUT2D eigenvalue weighted by Gasteiger charge is 2.24. The first-order valence-electron chi connectivity index (χ1n) is 10.8. The van der Waals surface area contributed by atoms with Crippen LogP contribution in [0.25, 0.3) is 0 Å². The van der Waals surface area contributed by atoms with Crippen molar-refractivity contribution in [2.45, 2.75) is 45.7 Å². The van der Waals surface area contributed by atoms with Gasteiger partial charge in [0.15, 0.2) is 0 Å². The van der Waals surface area contributed by atoms with E-state index in [1.807, 2.05) is 32.0 Å². The summed E-state index contributed by atoms with van der Waals surface area (Å²) >= 11 is 0. The molecule has 0 aliphatic rings. The van der Waals surface area contributed by atoms with Crippen LogP contribution in [0.3, 0.4) is 0 Å². The van der Waals surface area contributed by atoms with Crippen LogP contribution in [0.1, 0.15) is 36.6 Å². The molecule has 3 amide bonds. The van der Waals surface area contributed by atoms with E-state index >= 15 is 0 Å². The van der Waals surface area contributed by atoms with Crippen molar-refractivity contribution >= 4 is 23.4 Å². The van der Waals surface area contributed by atoms with Crippen molar-refractivity contribution in [3.8, 4) is 0 Å². The normalized spacial score (nSPS) is 12.2. The number of aryl methyl sites for hydroxylation is 1. The van der Waals surface area contributed by atoms with Crippen molar-refractivity contribution < 1.29 is 18.4 Å². The van der Waals surface area contributed by atoms with Gasteiger partial charge in [-0.1, -0.05) is 24.3 Å². The van der Waals surface area contributed by atoms with Gasteiger partial charge >= 0.3 is 6.03 Å². The Hall–Kier alpha value is -3.82. The summed E-state index contributed by atoms with van der Waals surface area (Å²) in [6, 6.07) is 10.0. The number of rotatable bonds is 8. The largest absolute Gasteiger partial charge is 0.339 e. The Morgan fingerprint density at radius 1 is 1.15 bits per heavy atom. The molecule has 2 heterocycles. The minimum atomic E-state index is -2.87.